The van der Waals surface area contributed by atoms with Gasteiger partial charge in [0.05, 0.1) is 11.3 Å². The Morgan fingerprint density at radius 1 is 1.12 bits per heavy atom. The van der Waals surface area contributed by atoms with Crippen molar-refractivity contribution in [1.82, 2.24) is 4.90 Å². The van der Waals surface area contributed by atoms with Gasteiger partial charge in [-0.2, -0.15) is 0 Å². The molecule has 0 saturated carbocycles. The molecule has 4 rings (SSSR count). The molecule has 0 radical (unpaired) electrons. The molecule has 26 heavy (non-hydrogen) atoms. The van der Waals surface area contributed by atoms with E-state index >= 15 is 0 Å². The first-order chi connectivity index (χ1) is 12.6. The maximum absolute atomic E-state index is 13.1. The van der Waals surface area contributed by atoms with Crippen LogP contribution in [0.4, 0.5) is 5.69 Å². The second-order valence-electron chi connectivity index (χ2n) is 6.78. The summed E-state index contributed by atoms with van der Waals surface area (Å²) >= 11 is 1.69. The van der Waals surface area contributed by atoms with Crippen molar-refractivity contribution in [3.63, 3.8) is 0 Å². The Bertz CT molecular complexity index is 866. The summed E-state index contributed by atoms with van der Waals surface area (Å²) in [5.41, 5.74) is 9.14. The molecule has 2 aromatic rings. The largest absolute Gasteiger partial charge is 0.328 e. The van der Waals surface area contributed by atoms with E-state index in [2.05, 4.69) is 29.6 Å². The summed E-state index contributed by atoms with van der Waals surface area (Å²) in [5.74, 6) is -0.248. The van der Waals surface area contributed by atoms with Gasteiger partial charge in [-0.25, -0.2) is 0 Å². The summed E-state index contributed by atoms with van der Waals surface area (Å²) in [4.78, 5) is 28.5. The lowest BCUT2D eigenvalue weighted by atomic mass is 9.96. The molecule has 1 saturated heterocycles. The second-order valence-corrected chi connectivity index (χ2v) is 7.66. The Hall–Kier alpha value is -2.31. The molecule has 2 heterocycles. The van der Waals surface area contributed by atoms with Crippen molar-refractivity contribution in [2.45, 2.75) is 29.8 Å². The molecule has 2 aliphatic heterocycles. The van der Waals surface area contributed by atoms with Crippen LogP contribution in [-0.4, -0.2) is 41.6 Å². The lowest BCUT2D eigenvalue weighted by molar-refractivity contribution is -0.121. The lowest BCUT2D eigenvalue weighted by Gasteiger charge is -2.35. The SMILES string of the molecule is CSc1ccc(-c2ccc3c(c2)C(=O)N2CCC(N)CC2C(=O)N3)cc1. The highest BCUT2D eigenvalue weighted by molar-refractivity contribution is 7.98. The highest BCUT2D eigenvalue weighted by Crippen LogP contribution is 2.32. The topological polar surface area (TPSA) is 75.4 Å². The summed E-state index contributed by atoms with van der Waals surface area (Å²) in [6.07, 6.45) is 3.27. The Balaban J connectivity index is 1.72. The van der Waals surface area contributed by atoms with E-state index in [1.54, 1.807) is 16.7 Å². The standard InChI is InChI=1S/C20H21N3O2S/c1-26-15-5-2-12(3-6-15)13-4-7-17-16(10-13)20(25)23-9-8-14(21)11-18(23)19(24)22-17/h2-7,10,14,18H,8-9,11,21H2,1H3,(H,22,24). The van der Waals surface area contributed by atoms with Gasteiger partial charge in [-0.1, -0.05) is 18.2 Å². The third-order valence-electron chi connectivity index (χ3n) is 5.14. The minimum Gasteiger partial charge on any atom is -0.328 e. The highest BCUT2D eigenvalue weighted by Gasteiger charge is 2.38. The number of rotatable bonds is 2. The van der Waals surface area contributed by atoms with Crippen molar-refractivity contribution >= 4 is 29.3 Å². The minimum absolute atomic E-state index is 0.0403. The number of nitrogens with one attached hydrogen (secondary N) is 1. The maximum Gasteiger partial charge on any atom is 0.256 e. The van der Waals surface area contributed by atoms with E-state index in [1.807, 2.05) is 24.5 Å². The number of nitrogens with zero attached hydrogens (tertiary/aromatic N) is 1. The summed E-state index contributed by atoms with van der Waals surface area (Å²) in [6.45, 7) is 0.518. The van der Waals surface area contributed by atoms with Gasteiger partial charge in [0.25, 0.3) is 5.91 Å². The predicted molar refractivity (Wildman–Crippen MR) is 104 cm³/mol. The van der Waals surface area contributed by atoms with Crippen molar-refractivity contribution in [2.75, 3.05) is 18.1 Å². The van der Waals surface area contributed by atoms with Crippen LogP contribution in [0.15, 0.2) is 47.4 Å². The van der Waals surface area contributed by atoms with Crippen LogP contribution < -0.4 is 11.1 Å². The lowest BCUT2D eigenvalue weighted by Crippen LogP contribution is -2.53. The van der Waals surface area contributed by atoms with Crippen LogP contribution in [0, 0.1) is 0 Å². The quantitative estimate of drug-likeness (QED) is 0.800. The number of fused-ring (bicyclic) bond motifs is 2. The van der Waals surface area contributed by atoms with Crippen molar-refractivity contribution in [3.8, 4) is 11.1 Å². The van der Waals surface area contributed by atoms with Crippen LogP contribution in [-0.2, 0) is 4.79 Å². The normalized spacial score (nSPS) is 22.3. The van der Waals surface area contributed by atoms with E-state index < -0.39 is 6.04 Å². The van der Waals surface area contributed by atoms with Crippen LogP contribution in [0.25, 0.3) is 11.1 Å². The second kappa shape index (κ2) is 6.78. The van der Waals surface area contributed by atoms with Crippen LogP contribution in [0.3, 0.4) is 0 Å². The third-order valence-corrected chi connectivity index (χ3v) is 5.88. The molecule has 2 aromatic carbocycles. The van der Waals surface area contributed by atoms with Crippen LogP contribution in [0.1, 0.15) is 23.2 Å². The van der Waals surface area contributed by atoms with E-state index in [0.29, 0.717) is 24.2 Å². The molecular formula is C20H21N3O2S. The van der Waals surface area contributed by atoms with Crippen LogP contribution in [0.2, 0.25) is 0 Å². The van der Waals surface area contributed by atoms with Gasteiger partial charge >= 0.3 is 0 Å². The molecule has 1 fully saturated rings. The number of piperidine rings is 1. The summed E-state index contributed by atoms with van der Waals surface area (Å²) in [6, 6.07) is 13.4. The van der Waals surface area contributed by atoms with E-state index in [0.717, 1.165) is 17.5 Å². The first kappa shape index (κ1) is 17.1. The number of carbonyl (C=O) groups is 2. The Morgan fingerprint density at radius 3 is 2.58 bits per heavy atom. The average Bonchev–Trinajstić information content (AvgIpc) is 2.77. The van der Waals surface area contributed by atoms with Crippen molar-refractivity contribution in [1.29, 1.82) is 0 Å². The fraction of sp³-hybridized carbons (Fsp3) is 0.300. The smallest absolute Gasteiger partial charge is 0.256 e. The average molecular weight is 367 g/mol. The third kappa shape index (κ3) is 2.99. The first-order valence-corrected chi connectivity index (χ1v) is 9.95. The van der Waals surface area contributed by atoms with E-state index in [1.165, 1.54) is 4.90 Å². The minimum atomic E-state index is -0.483. The molecule has 2 aliphatic rings. The number of benzene rings is 2. The summed E-state index contributed by atoms with van der Waals surface area (Å²) in [7, 11) is 0. The van der Waals surface area contributed by atoms with Crippen molar-refractivity contribution < 1.29 is 9.59 Å². The monoisotopic (exact) mass is 367 g/mol. The zero-order valence-electron chi connectivity index (χ0n) is 14.6. The molecule has 0 spiro atoms. The molecule has 0 bridgehead atoms. The molecular weight excluding hydrogens is 346 g/mol. The molecule has 2 atom stereocenters. The summed E-state index contributed by atoms with van der Waals surface area (Å²) < 4.78 is 0. The molecule has 6 heteroatoms. The maximum atomic E-state index is 13.1. The van der Waals surface area contributed by atoms with Gasteiger partial charge in [0.1, 0.15) is 6.04 Å². The Labute approximate surface area is 156 Å². The fourth-order valence-corrected chi connectivity index (χ4v) is 4.06. The first-order valence-electron chi connectivity index (χ1n) is 8.72. The number of nitrogens with two attached hydrogens (primary N) is 1. The van der Waals surface area contributed by atoms with Gasteiger partial charge in [-0.15, -0.1) is 11.8 Å². The number of amides is 2. The van der Waals surface area contributed by atoms with Crippen LogP contribution >= 0.6 is 11.8 Å². The number of hydrogen-bond acceptors (Lipinski definition) is 4. The van der Waals surface area contributed by atoms with Gasteiger partial charge in [0.2, 0.25) is 5.91 Å². The summed E-state index contributed by atoms with van der Waals surface area (Å²) in [5, 5.41) is 2.91. The zero-order valence-corrected chi connectivity index (χ0v) is 15.4. The van der Waals surface area contributed by atoms with Crippen LogP contribution in [0.5, 0.6) is 0 Å². The number of thioether (sulfide) groups is 1. The predicted octanol–water partition coefficient (Wildman–Crippen LogP) is 2.96. The number of hydrogen-bond donors (Lipinski definition) is 2. The Morgan fingerprint density at radius 2 is 1.85 bits per heavy atom. The number of anilines is 1. The van der Waals surface area contributed by atoms with Gasteiger partial charge in [0, 0.05) is 17.5 Å². The van der Waals surface area contributed by atoms with Gasteiger partial charge < -0.3 is 16.0 Å². The molecule has 134 valence electrons. The van der Waals surface area contributed by atoms with Crippen molar-refractivity contribution in [2.24, 2.45) is 5.73 Å². The fourth-order valence-electron chi connectivity index (χ4n) is 3.65. The molecule has 5 nitrogen and oxygen atoms in total. The zero-order chi connectivity index (χ0) is 18.3. The van der Waals surface area contributed by atoms with Gasteiger partial charge in [-0.3, -0.25) is 9.59 Å². The molecule has 2 unspecified atom stereocenters. The van der Waals surface area contributed by atoms with E-state index in [4.69, 9.17) is 5.73 Å². The molecule has 0 aromatic heterocycles. The molecule has 3 N–H and O–H groups in total. The van der Waals surface area contributed by atoms with Gasteiger partial charge in [-0.05, 0) is 54.5 Å². The molecule has 0 aliphatic carbocycles. The molecule has 2 amide bonds. The van der Waals surface area contributed by atoms with E-state index in [-0.39, 0.29) is 17.9 Å². The van der Waals surface area contributed by atoms with E-state index in [9.17, 15) is 9.59 Å². The highest BCUT2D eigenvalue weighted by atomic mass is 32.2. The number of carbonyl (C=O) groups excluding carboxylic acids is 2. The Kier molecular flexibility index (Phi) is 4.46. The van der Waals surface area contributed by atoms with Crippen molar-refractivity contribution in [3.05, 3.63) is 48.0 Å². The van der Waals surface area contributed by atoms with Gasteiger partial charge in [0.15, 0.2) is 0 Å².